The fraction of sp³-hybridized carbons (Fsp3) is 0.579. The lowest BCUT2D eigenvalue weighted by molar-refractivity contribution is -0.227. The van der Waals surface area contributed by atoms with E-state index in [1.807, 2.05) is 6.08 Å². The van der Waals surface area contributed by atoms with Gasteiger partial charge in [-0.2, -0.15) is 0 Å². The first-order valence-corrected chi connectivity index (χ1v) is 8.69. The van der Waals surface area contributed by atoms with E-state index in [9.17, 15) is 5.11 Å². The molecule has 3 aliphatic heterocycles. The second-order valence-corrected chi connectivity index (χ2v) is 7.55. The van der Waals surface area contributed by atoms with Crippen molar-refractivity contribution in [2.45, 2.75) is 48.7 Å². The van der Waals surface area contributed by atoms with Crippen LogP contribution in [-0.4, -0.2) is 47.7 Å². The van der Waals surface area contributed by atoms with Crippen molar-refractivity contribution in [2.75, 3.05) is 25.0 Å². The largest absolute Gasteiger partial charge is 0.364 e. The summed E-state index contributed by atoms with van der Waals surface area (Å²) in [7, 11) is 2.14. The molecule has 0 bridgehead atoms. The molecule has 0 amide bonds. The Balaban J connectivity index is 1.78. The SMILES string of the molecule is C=CCN1CC[C@]23c4ccccc4N(C)[C@]24CCC[C@]4(O)O[C@H]13. The fourth-order valence-electron chi connectivity index (χ4n) is 6.28. The molecular formula is C19H24N2O2. The maximum Gasteiger partial charge on any atom is 0.192 e. The number of anilines is 1. The van der Waals surface area contributed by atoms with Crippen molar-refractivity contribution in [3.8, 4) is 0 Å². The number of hydrogen-bond donors (Lipinski definition) is 1. The van der Waals surface area contributed by atoms with E-state index in [-0.39, 0.29) is 17.2 Å². The zero-order valence-electron chi connectivity index (χ0n) is 13.7. The molecule has 1 aromatic rings. The molecule has 4 aliphatic rings. The Labute approximate surface area is 137 Å². The van der Waals surface area contributed by atoms with Gasteiger partial charge in [-0.05, 0) is 30.9 Å². The number of para-hydroxylation sites is 1. The third-order valence-electron chi connectivity index (χ3n) is 6.97. The lowest BCUT2D eigenvalue weighted by Gasteiger charge is -2.45. The van der Waals surface area contributed by atoms with E-state index in [1.54, 1.807) is 0 Å². The average molecular weight is 312 g/mol. The van der Waals surface area contributed by atoms with Gasteiger partial charge < -0.3 is 14.7 Å². The van der Waals surface area contributed by atoms with Crippen LogP contribution >= 0.6 is 0 Å². The van der Waals surface area contributed by atoms with Gasteiger partial charge >= 0.3 is 0 Å². The average Bonchev–Trinajstić information content (AvgIpc) is 3.18. The van der Waals surface area contributed by atoms with Crippen molar-refractivity contribution in [1.82, 2.24) is 4.90 Å². The summed E-state index contributed by atoms with van der Waals surface area (Å²) in [6.45, 7) is 5.71. The van der Waals surface area contributed by atoms with E-state index in [2.05, 4.69) is 47.7 Å². The van der Waals surface area contributed by atoms with Gasteiger partial charge in [0.2, 0.25) is 0 Å². The maximum absolute atomic E-state index is 11.5. The van der Waals surface area contributed by atoms with Crippen LogP contribution in [0.5, 0.6) is 0 Å². The minimum atomic E-state index is -1.05. The molecule has 122 valence electrons. The van der Waals surface area contributed by atoms with Crippen LogP contribution in [0.15, 0.2) is 36.9 Å². The highest BCUT2D eigenvalue weighted by atomic mass is 16.7. The summed E-state index contributed by atoms with van der Waals surface area (Å²) in [6, 6.07) is 8.67. The number of likely N-dealkylation sites (tertiary alicyclic amines) is 1. The Morgan fingerprint density at radius 2 is 2.17 bits per heavy atom. The second kappa shape index (κ2) is 4.18. The third kappa shape index (κ3) is 1.25. The van der Waals surface area contributed by atoms with E-state index in [4.69, 9.17) is 4.74 Å². The summed E-state index contributed by atoms with van der Waals surface area (Å²) in [4.78, 5) is 4.69. The molecule has 1 aliphatic carbocycles. The zero-order chi connectivity index (χ0) is 15.9. The van der Waals surface area contributed by atoms with Gasteiger partial charge in [0.1, 0.15) is 11.8 Å². The van der Waals surface area contributed by atoms with Gasteiger partial charge in [-0.3, -0.25) is 4.90 Å². The maximum atomic E-state index is 11.5. The Bertz CT molecular complexity index is 692. The van der Waals surface area contributed by atoms with Crippen LogP contribution < -0.4 is 4.90 Å². The van der Waals surface area contributed by atoms with Gasteiger partial charge in [-0.15, -0.1) is 6.58 Å². The summed E-state index contributed by atoms with van der Waals surface area (Å²) in [6.07, 6.45) is 5.66. The number of ether oxygens (including phenoxy) is 1. The van der Waals surface area contributed by atoms with Crippen LogP contribution in [0.2, 0.25) is 0 Å². The molecule has 0 radical (unpaired) electrons. The van der Waals surface area contributed by atoms with Gasteiger partial charge in [0.05, 0.1) is 5.41 Å². The monoisotopic (exact) mass is 312 g/mol. The van der Waals surface area contributed by atoms with Crippen LogP contribution in [0, 0.1) is 0 Å². The fourth-order valence-corrected chi connectivity index (χ4v) is 6.28. The summed E-state index contributed by atoms with van der Waals surface area (Å²) >= 11 is 0. The summed E-state index contributed by atoms with van der Waals surface area (Å²) in [5.74, 6) is -1.05. The molecule has 4 atom stereocenters. The minimum absolute atomic E-state index is 0.0584. The summed E-state index contributed by atoms with van der Waals surface area (Å²) < 4.78 is 6.43. The first-order chi connectivity index (χ1) is 11.1. The smallest absolute Gasteiger partial charge is 0.192 e. The van der Waals surface area contributed by atoms with Crippen LogP contribution in [0.4, 0.5) is 5.69 Å². The normalized spacial score (nSPS) is 44.1. The van der Waals surface area contributed by atoms with Gasteiger partial charge in [-0.25, -0.2) is 0 Å². The number of hydrogen-bond acceptors (Lipinski definition) is 4. The van der Waals surface area contributed by atoms with E-state index in [0.717, 1.165) is 38.8 Å². The standard InChI is InChI=1S/C19H24N2O2/c1-3-12-21-13-11-17-14-7-4-5-8-15(14)20(2)18(17)9-6-10-19(18,22)23-16(17)21/h3-5,7-8,16,22H,1,6,9-13H2,2H3/t16-,17+,18+,19-/m0/s1. The Morgan fingerprint density at radius 3 is 3.00 bits per heavy atom. The molecule has 1 N–H and O–H groups in total. The van der Waals surface area contributed by atoms with E-state index < -0.39 is 5.79 Å². The predicted molar refractivity (Wildman–Crippen MR) is 89.3 cm³/mol. The molecule has 5 rings (SSSR count). The Hall–Kier alpha value is -1.36. The van der Waals surface area contributed by atoms with Crippen LogP contribution in [0.1, 0.15) is 31.2 Å². The van der Waals surface area contributed by atoms with Gasteiger partial charge in [-0.1, -0.05) is 24.3 Å². The van der Waals surface area contributed by atoms with Crippen molar-refractivity contribution < 1.29 is 9.84 Å². The molecule has 3 heterocycles. The molecule has 0 aromatic heterocycles. The van der Waals surface area contributed by atoms with E-state index in [1.165, 1.54) is 11.3 Å². The number of nitrogens with zero attached hydrogens (tertiary/aromatic N) is 2. The topological polar surface area (TPSA) is 35.9 Å². The highest BCUT2D eigenvalue weighted by molar-refractivity contribution is 5.70. The molecular weight excluding hydrogens is 288 g/mol. The summed E-state index contributed by atoms with van der Waals surface area (Å²) in [5, 5.41) is 11.5. The van der Waals surface area contributed by atoms with E-state index >= 15 is 0 Å². The number of rotatable bonds is 2. The van der Waals surface area contributed by atoms with Gasteiger partial charge in [0.25, 0.3) is 0 Å². The molecule has 0 unspecified atom stereocenters. The van der Waals surface area contributed by atoms with Crippen molar-refractivity contribution in [3.63, 3.8) is 0 Å². The highest BCUT2D eigenvalue weighted by Gasteiger charge is 2.81. The van der Waals surface area contributed by atoms with Crippen molar-refractivity contribution >= 4 is 5.69 Å². The Kier molecular flexibility index (Phi) is 2.55. The number of likely N-dealkylation sites (N-methyl/N-ethyl adjacent to an activating group) is 1. The first-order valence-electron chi connectivity index (χ1n) is 8.69. The van der Waals surface area contributed by atoms with Crippen LogP contribution in [0.25, 0.3) is 0 Å². The zero-order valence-corrected chi connectivity index (χ0v) is 13.7. The van der Waals surface area contributed by atoms with E-state index in [0.29, 0.717) is 0 Å². The molecule has 3 fully saturated rings. The van der Waals surface area contributed by atoms with Crippen LogP contribution in [0.3, 0.4) is 0 Å². The minimum Gasteiger partial charge on any atom is -0.364 e. The molecule has 1 aromatic carbocycles. The molecule has 23 heavy (non-hydrogen) atoms. The lowest BCUT2D eigenvalue weighted by atomic mass is 9.65. The van der Waals surface area contributed by atoms with Crippen molar-refractivity contribution in [1.29, 1.82) is 0 Å². The molecule has 2 spiro atoms. The molecule has 4 heteroatoms. The summed E-state index contributed by atoms with van der Waals surface area (Å²) in [5.41, 5.74) is 2.16. The van der Waals surface area contributed by atoms with Gasteiger partial charge in [0.15, 0.2) is 5.79 Å². The van der Waals surface area contributed by atoms with Crippen LogP contribution in [-0.2, 0) is 10.2 Å². The Morgan fingerprint density at radius 1 is 1.35 bits per heavy atom. The number of benzene rings is 1. The lowest BCUT2D eigenvalue weighted by Crippen LogP contribution is -2.63. The molecule has 4 nitrogen and oxygen atoms in total. The molecule has 1 saturated carbocycles. The number of aliphatic hydroxyl groups is 1. The van der Waals surface area contributed by atoms with Crippen molar-refractivity contribution in [2.24, 2.45) is 0 Å². The molecule has 2 saturated heterocycles. The number of fused-ring (bicyclic) bond motifs is 1. The predicted octanol–water partition coefficient (Wildman–Crippen LogP) is 2.23. The first kappa shape index (κ1) is 14.0. The van der Waals surface area contributed by atoms with Gasteiger partial charge in [0, 0.05) is 32.2 Å². The second-order valence-electron chi connectivity index (χ2n) is 7.55. The third-order valence-corrected chi connectivity index (χ3v) is 6.97. The van der Waals surface area contributed by atoms with Crippen molar-refractivity contribution in [3.05, 3.63) is 42.5 Å². The quantitative estimate of drug-likeness (QED) is 0.850. The highest BCUT2D eigenvalue weighted by Crippen LogP contribution is 2.71.